The lowest BCUT2D eigenvalue weighted by molar-refractivity contribution is 0.0724. The van der Waals surface area contributed by atoms with Crippen molar-refractivity contribution in [2.45, 2.75) is 31.7 Å². The second-order valence-electron chi connectivity index (χ2n) is 5.16. The van der Waals surface area contributed by atoms with E-state index in [-0.39, 0.29) is 18.6 Å². The lowest BCUT2D eigenvalue weighted by Crippen LogP contribution is -2.35. The van der Waals surface area contributed by atoms with Crippen LogP contribution in [0.15, 0.2) is 18.2 Å². The van der Waals surface area contributed by atoms with Crippen LogP contribution in [0, 0.1) is 0 Å². The number of anilines is 1. The quantitative estimate of drug-likeness (QED) is 0.803. The summed E-state index contributed by atoms with van der Waals surface area (Å²) < 4.78 is 5.16. The van der Waals surface area contributed by atoms with Gasteiger partial charge in [0.25, 0.3) is 5.91 Å². The molecule has 110 valence electrons. The van der Waals surface area contributed by atoms with Gasteiger partial charge in [0.15, 0.2) is 0 Å². The van der Waals surface area contributed by atoms with Crippen molar-refractivity contribution in [3.05, 3.63) is 23.8 Å². The number of nitrogens with two attached hydrogens (primary N) is 1. The Morgan fingerprint density at radius 2 is 2.30 bits per heavy atom. The van der Waals surface area contributed by atoms with Crippen molar-refractivity contribution in [1.29, 1.82) is 0 Å². The summed E-state index contributed by atoms with van der Waals surface area (Å²) in [5, 5.41) is 8.94. The van der Waals surface area contributed by atoms with Crippen LogP contribution >= 0.6 is 0 Å². The molecule has 0 aliphatic carbocycles. The van der Waals surface area contributed by atoms with E-state index in [1.807, 2.05) is 4.90 Å². The minimum Gasteiger partial charge on any atom is -0.497 e. The molecule has 2 rings (SSSR count). The van der Waals surface area contributed by atoms with Gasteiger partial charge in [-0.1, -0.05) is 0 Å². The number of nitrogens with zero attached hydrogens (tertiary/aromatic N) is 1. The predicted molar refractivity (Wildman–Crippen MR) is 77.8 cm³/mol. The number of rotatable bonds is 5. The first-order valence-corrected chi connectivity index (χ1v) is 7.02. The highest BCUT2D eigenvalue weighted by molar-refractivity contribution is 5.96. The molecule has 1 saturated heterocycles. The molecular formula is C15H22N2O3. The molecule has 5 heteroatoms. The number of aliphatic hydroxyl groups is 1. The molecule has 1 unspecified atom stereocenters. The van der Waals surface area contributed by atoms with Gasteiger partial charge in [0.1, 0.15) is 5.75 Å². The number of aliphatic hydroxyl groups excluding tert-OH is 1. The molecule has 1 amide bonds. The third-order valence-electron chi connectivity index (χ3n) is 3.74. The number of likely N-dealkylation sites (tertiary alicyclic amines) is 1. The molecular weight excluding hydrogens is 256 g/mol. The van der Waals surface area contributed by atoms with E-state index in [0.29, 0.717) is 17.0 Å². The van der Waals surface area contributed by atoms with Gasteiger partial charge in [0.2, 0.25) is 0 Å². The van der Waals surface area contributed by atoms with E-state index in [4.69, 9.17) is 15.6 Å². The van der Waals surface area contributed by atoms with E-state index in [1.165, 1.54) is 0 Å². The second-order valence-corrected chi connectivity index (χ2v) is 5.16. The highest BCUT2D eigenvalue weighted by Gasteiger charge is 2.29. The Labute approximate surface area is 119 Å². The average Bonchev–Trinajstić information content (AvgIpc) is 2.91. The lowest BCUT2D eigenvalue weighted by Gasteiger charge is -2.25. The van der Waals surface area contributed by atoms with E-state index in [0.717, 1.165) is 32.2 Å². The molecule has 1 fully saturated rings. The molecule has 1 aromatic rings. The highest BCUT2D eigenvalue weighted by Crippen LogP contribution is 2.26. The fourth-order valence-electron chi connectivity index (χ4n) is 2.76. The minimum atomic E-state index is -0.00367. The molecule has 1 heterocycles. The van der Waals surface area contributed by atoms with Gasteiger partial charge in [0, 0.05) is 36.5 Å². The number of hydrogen-bond acceptors (Lipinski definition) is 4. The number of hydrogen-bond donors (Lipinski definition) is 2. The van der Waals surface area contributed by atoms with Gasteiger partial charge in [-0.2, -0.15) is 0 Å². The number of amides is 1. The van der Waals surface area contributed by atoms with Crippen LogP contribution in [0.25, 0.3) is 0 Å². The number of methoxy groups -OCH3 is 1. The zero-order valence-corrected chi connectivity index (χ0v) is 11.8. The van der Waals surface area contributed by atoms with E-state index in [9.17, 15) is 4.79 Å². The van der Waals surface area contributed by atoms with Crippen LogP contribution in [0.2, 0.25) is 0 Å². The third kappa shape index (κ3) is 3.22. The van der Waals surface area contributed by atoms with Crippen LogP contribution in [-0.4, -0.2) is 42.2 Å². The zero-order valence-electron chi connectivity index (χ0n) is 11.8. The number of carbonyl (C=O) groups excluding carboxylic acids is 1. The topological polar surface area (TPSA) is 75.8 Å². The Hall–Kier alpha value is -1.75. The van der Waals surface area contributed by atoms with Crippen LogP contribution in [0.3, 0.4) is 0 Å². The first kappa shape index (κ1) is 14.7. The number of benzene rings is 1. The molecule has 0 saturated carbocycles. The van der Waals surface area contributed by atoms with Gasteiger partial charge in [0.05, 0.1) is 7.11 Å². The summed E-state index contributed by atoms with van der Waals surface area (Å²) in [6.45, 7) is 0.941. The van der Waals surface area contributed by atoms with Crippen molar-refractivity contribution in [1.82, 2.24) is 4.90 Å². The van der Waals surface area contributed by atoms with Gasteiger partial charge in [-0.15, -0.1) is 0 Å². The second kappa shape index (κ2) is 6.61. The smallest absolute Gasteiger partial charge is 0.254 e. The Kier molecular flexibility index (Phi) is 4.84. The van der Waals surface area contributed by atoms with E-state index >= 15 is 0 Å². The fourth-order valence-corrected chi connectivity index (χ4v) is 2.76. The number of carbonyl (C=O) groups is 1. The summed E-state index contributed by atoms with van der Waals surface area (Å²) in [7, 11) is 1.56. The summed E-state index contributed by atoms with van der Waals surface area (Å²) in [4.78, 5) is 14.5. The zero-order chi connectivity index (χ0) is 14.5. The maximum absolute atomic E-state index is 12.6. The van der Waals surface area contributed by atoms with Gasteiger partial charge >= 0.3 is 0 Å². The highest BCUT2D eigenvalue weighted by atomic mass is 16.5. The molecule has 1 aliphatic rings. The summed E-state index contributed by atoms with van der Waals surface area (Å²) >= 11 is 0. The van der Waals surface area contributed by atoms with E-state index in [2.05, 4.69) is 0 Å². The maximum Gasteiger partial charge on any atom is 0.254 e. The SMILES string of the molecule is COc1cc(N)cc(C(=O)N2CCCC2CCCO)c1. The summed E-state index contributed by atoms with van der Waals surface area (Å²) in [5.41, 5.74) is 6.90. The Morgan fingerprint density at radius 3 is 3.00 bits per heavy atom. The van der Waals surface area contributed by atoms with Gasteiger partial charge in [-0.05, 0) is 37.8 Å². The van der Waals surface area contributed by atoms with Gasteiger partial charge < -0.3 is 20.5 Å². The normalized spacial score (nSPS) is 18.3. The molecule has 0 spiro atoms. The molecule has 1 aromatic carbocycles. The van der Waals surface area contributed by atoms with Crippen LogP contribution in [0.4, 0.5) is 5.69 Å². The fraction of sp³-hybridized carbons (Fsp3) is 0.533. The summed E-state index contributed by atoms with van der Waals surface area (Å²) in [6.07, 6.45) is 3.60. The first-order chi connectivity index (χ1) is 9.65. The lowest BCUT2D eigenvalue weighted by atomic mass is 10.1. The van der Waals surface area contributed by atoms with Gasteiger partial charge in [-0.25, -0.2) is 0 Å². The molecule has 5 nitrogen and oxygen atoms in total. The van der Waals surface area contributed by atoms with Crippen LogP contribution in [-0.2, 0) is 0 Å². The Bertz CT molecular complexity index is 476. The van der Waals surface area contributed by atoms with Crippen LogP contribution in [0.1, 0.15) is 36.0 Å². The monoisotopic (exact) mass is 278 g/mol. The number of nitrogen functional groups attached to an aromatic ring is 1. The Morgan fingerprint density at radius 1 is 1.50 bits per heavy atom. The maximum atomic E-state index is 12.6. The average molecular weight is 278 g/mol. The van der Waals surface area contributed by atoms with Crippen molar-refractivity contribution in [3.63, 3.8) is 0 Å². The van der Waals surface area contributed by atoms with Crippen molar-refractivity contribution >= 4 is 11.6 Å². The molecule has 3 N–H and O–H groups in total. The summed E-state index contributed by atoms with van der Waals surface area (Å²) in [6, 6.07) is 5.33. The summed E-state index contributed by atoms with van der Waals surface area (Å²) in [5.74, 6) is 0.593. The molecule has 1 atom stereocenters. The van der Waals surface area contributed by atoms with Crippen LogP contribution < -0.4 is 10.5 Å². The first-order valence-electron chi connectivity index (χ1n) is 7.02. The van der Waals surface area contributed by atoms with E-state index < -0.39 is 0 Å². The molecule has 20 heavy (non-hydrogen) atoms. The largest absolute Gasteiger partial charge is 0.497 e. The molecule has 0 bridgehead atoms. The van der Waals surface area contributed by atoms with Crippen molar-refractivity contribution in [2.75, 3.05) is 26.0 Å². The molecule has 1 aliphatic heterocycles. The third-order valence-corrected chi connectivity index (χ3v) is 3.74. The minimum absolute atomic E-state index is 0.00367. The predicted octanol–water partition coefficient (Wildman–Crippen LogP) is 1.65. The van der Waals surface area contributed by atoms with E-state index in [1.54, 1.807) is 25.3 Å². The number of ether oxygens (including phenoxy) is 1. The van der Waals surface area contributed by atoms with Gasteiger partial charge in [-0.3, -0.25) is 4.79 Å². The molecule has 0 aromatic heterocycles. The standard InChI is InChI=1S/C15H22N2O3/c1-20-14-9-11(8-12(16)10-14)15(19)17-6-2-4-13(17)5-3-7-18/h8-10,13,18H,2-7,16H2,1H3. The molecule has 0 radical (unpaired) electrons. The van der Waals surface area contributed by atoms with Crippen molar-refractivity contribution in [3.8, 4) is 5.75 Å². The van der Waals surface area contributed by atoms with Crippen molar-refractivity contribution < 1.29 is 14.6 Å². The van der Waals surface area contributed by atoms with Crippen molar-refractivity contribution in [2.24, 2.45) is 0 Å². The Balaban J connectivity index is 2.15. The van der Waals surface area contributed by atoms with Crippen LogP contribution in [0.5, 0.6) is 5.75 Å².